The fraction of sp³-hybridized carbons (Fsp3) is 0.368. The van der Waals surface area contributed by atoms with Crippen molar-refractivity contribution in [3.8, 4) is 0 Å². The van der Waals surface area contributed by atoms with Gasteiger partial charge >= 0.3 is 0 Å². The summed E-state index contributed by atoms with van der Waals surface area (Å²) in [5, 5.41) is 0. The Labute approximate surface area is 130 Å². The molecule has 2 heteroatoms. The minimum atomic E-state index is 0.890. The molecule has 0 spiro atoms. The second kappa shape index (κ2) is 7.39. The van der Waals surface area contributed by atoms with Crippen LogP contribution in [0.2, 0.25) is 0 Å². The van der Waals surface area contributed by atoms with Crippen LogP contribution in [-0.2, 0) is 6.54 Å². The molecule has 0 saturated heterocycles. The Morgan fingerprint density at radius 3 is 1.38 bits per heavy atom. The van der Waals surface area contributed by atoms with Crippen LogP contribution in [0.4, 0.5) is 5.69 Å². The zero-order valence-electron chi connectivity index (χ0n) is 14.4. The third-order valence-corrected chi connectivity index (χ3v) is 3.03. The Balaban J connectivity index is 0.000000211. The van der Waals surface area contributed by atoms with Crippen molar-refractivity contribution in [2.24, 2.45) is 0 Å². The van der Waals surface area contributed by atoms with Gasteiger partial charge in [-0.1, -0.05) is 48.5 Å². The summed E-state index contributed by atoms with van der Waals surface area (Å²) in [7, 11) is 13.1. The van der Waals surface area contributed by atoms with Gasteiger partial charge in [0.25, 0.3) is 0 Å². The first-order valence-corrected chi connectivity index (χ1v) is 7.40. The molecule has 0 N–H and O–H groups in total. The molecule has 2 rings (SSSR count). The molecular weight excluding hydrogens is 256 g/mol. The van der Waals surface area contributed by atoms with E-state index in [0.29, 0.717) is 0 Å². The Morgan fingerprint density at radius 2 is 1.05 bits per heavy atom. The van der Waals surface area contributed by atoms with Crippen LogP contribution in [0, 0.1) is 0 Å². The van der Waals surface area contributed by atoms with E-state index < -0.39 is 0 Å². The van der Waals surface area contributed by atoms with Crippen LogP contribution >= 0.6 is 0 Å². The average Bonchev–Trinajstić information content (AvgIpc) is 2.39. The maximum atomic E-state index is 2.20. The summed E-state index contributed by atoms with van der Waals surface area (Å²) in [6, 6.07) is 21.0. The molecule has 0 bridgehead atoms. The average molecular weight is 286 g/mol. The third-order valence-electron chi connectivity index (χ3n) is 3.03. The van der Waals surface area contributed by atoms with Gasteiger partial charge in [0.2, 0.25) is 0 Å². The zero-order chi connectivity index (χ0) is 15.9. The molecule has 0 heterocycles. The zero-order valence-corrected chi connectivity index (χ0v) is 14.4. The summed E-state index contributed by atoms with van der Waals surface area (Å²) < 4.78 is 1.88. The van der Waals surface area contributed by atoms with E-state index in [1.54, 1.807) is 0 Å². The highest BCUT2D eigenvalue weighted by molar-refractivity contribution is 5.40. The molecule has 2 aromatic rings. The molecule has 0 aliphatic rings. The van der Waals surface area contributed by atoms with Crippen LogP contribution in [0.25, 0.3) is 0 Å². The van der Waals surface area contributed by atoms with Gasteiger partial charge in [-0.25, -0.2) is 0 Å². The molecule has 114 valence electrons. The fourth-order valence-electron chi connectivity index (χ4n) is 2.01. The van der Waals surface area contributed by atoms with E-state index in [1.807, 2.05) is 6.07 Å². The topological polar surface area (TPSA) is 0 Å². The van der Waals surface area contributed by atoms with E-state index in [9.17, 15) is 0 Å². The van der Waals surface area contributed by atoms with Crippen LogP contribution < -0.4 is 4.48 Å². The van der Waals surface area contributed by atoms with Crippen molar-refractivity contribution in [3.63, 3.8) is 0 Å². The second-order valence-electron chi connectivity index (χ2n) is 7.28. The molecule has 0 aliphatic heterocycles. The van der Waals surface area contributed by atoms with Gasteiger partial charge in [0.05, 0.1) is 42.3 Å². The van der Waals surface area contributed by atoms with Gasteiger partial charge in [-0.3, -0.25) is 4.48 Å². The number of rotatable bonds is 3. The highest BCUT2D eigenvalue weighted by Gasteiger charge is 2.09. The van der Waals surface area contributed by atoms with Crippen molar-refractivity contribution in [1.82, 2.24) is 4.48 Å². The highest BCUT2D eigenvalue weighted by Crippen LogP contribution is 2.14. The Morgan fingerprint density at radius 1 is 0.619 bits per heavy atom. The van der Waals surface area contributed by atoms with E-state index >= 15 is 0 Å². The third kappa shape index (κ3) is 7.64. The summed E-state index contributed by atoms with van der Waals surface area (Å²) in [4.78, 5) is 0. The molecule has 0 saturated carbocycles. The van der Waals surface area contributed by atoms with Crippen molar-refractivity contribution >= 4 is 5.69 Å². The summed E-state index contributed by atoms with van der Waals surface area (Å²) in [5.74, 6) is 0. The lowest BCUT2D eigenvalue weighted by Crippen LogP contribution is -2.34. The van der Waals surface area contributed by atoms with E-state index in [4.69, 9.17) is 0 Å². The van der Waals surface area contributed by atoms with Crippen LogP contribution in [0.3, 0.4) is 0 Å². The fourth-order valence-corrected chi connectivity index (χ4v) is 2.01. The summed E-state index contributed by atoms with van der Waals surface area (Å²) >= 11 is 0. The van der Waals surface area contributed by atoms with Crippen LogP contribution in [0.1, 0.15) is 5.56 Å². The molecule has 0 radical (unpaired) electrons. The van der Waals surface area contributed by atoms with Gasteiger partial charge in [0.15, 0.2) is 0 Å². The molecule has 0 atom stereocenters. The Bertz CT molecular complexity index is 505. The predicted molar refractivity (Wildman–Crippen MR) is 94.2 cm³/mol. The van der Waals surface area contributed by atoms with Crippen molar-refractivity contribution in [1.29, 1.82) is 0 Å². The van der Waals surface area contributed by atoms with Crippen molar-refractivity contribution < 1.29 is 4.48 Å². The van der Waals surface area contributed by atoms with E-state index in [1.165, 1.54) is 11.3 Å². The molecule has 21 heavy (non-hydrogen) atoms. The lowest BCUT2D eigenvalue weighted by Gasteiger charge is -2.23. The van der Waals surface area contributed by atoms with Gasteiger partial charge in [-0.15, -0.1) is 0 Å². The lowest BCUT2D eigenvalue weighted by molar-refractivity contribution is -0.884. The quantitative estimate of drug-likeness (QED) is 0.753. The van der Waals surface area contributed by atoms with Crippen molar-refractivity contribution in [2.45, 2.75) is 6.54 Å². The van der Waals surface area contributed by atoms with Gasteiger partial charge in [0, 0.05) is 5.56 Å². The van der Waals surface area contributed by atoms with Gasteiger partial charge < -0.3 is 4.48 Å². The minimum absolute atomic E-state index is 0.890. The van der Waals surface area contributed by atoms with Crippen molar-refractivity contribution in [3.05, 3.63) is 66.2 Å². The molecule has 0 amide bonds. The molecule has 0 aromatic heterocycles. The molecule has 0 aliphatic carbocycles. The highest BCUT2D eigenvalue weighted by atomic mass is 15.3. The van der Waals surface area contributed by atoms with Gasteiger partial charge in [0.1, 0.15) is 12.2 Å². The minimum Gasteiger partial charge on any atom is -0.327 e. The molecule has 2 aromatic carbocycles. The number of benzene rings is 2. The summed E-state index contributed by atoms with van der Waals surface area (Å²) in [6.07, 6.45) is 0. The standard InChI is InChI=1S/C10H16N.C9H14N/c1-11(2,3)9-10-7-5-4-6-8-10;1-10(2,3)9-7-5-4-6-8-9/h4-8H,9H2,1-3H3;4-8H,1-3H3/q2*+1. The Kier molecular flexibility index (Phi) is 6.13. The first-order valence-electron chi connectivity index (χ1n) is 7.40. The molecular formula is C19H30N2+2. The van der Waals surface area contributed by atoms with Gasteiger partial charge in [-0.2, -0.15) is 0 Å². The largest absolute Gasteiger partial charge is 0.327 e. The first kappa shape index (κ1) is 17.4. The SMILES string of the molecule is C[N+](C)(C)Cc1ccccc1.C[N+](C)(C)c1ccccc1. The van der Waals surface area contributed by atoms with Gasteiger partial charge in [-0.05, 0) is 12.1 Å². The maximum absolute atomic E-state index is 2.20. The number of hydrogen-bond acceptors (Lipinski definition) is 0. The first-order chi connectivity index (χ1) is 9.68. The predicted octanol–water partition coefficient (Wildman–Crippen LogP) is 3.78. The molecule has 0 unspecified atom stereocenters. The van der Waals surface area contributed by atoms with E-state index in [2.05, 4.69) is 96.9 Å². The van der Waals surface area contributed by atoms with Crippen molar-refractivity contribution in [2.75, 3.05) is 42.3 Å². The maximum Gasteiger partial charge on any atom is 0.132 e. The number of hydrogen-bond donors (Lipinski definition) is 0. The summed E-state index contributed by atoms with van der Waals surface area (Å²) in [5.41, 5.74) is 2.74. The van der Waals surface area contributed by atoms with E-state index in [-0.39, 0.29) is 0 Å². The number of para-hydroxylation sites is 1. The molecule has 0 fully saturated rings. The Hall–Kier alpha value is -1.64. The number of nitrogens with zero attached hydrogens (tertiary/aromatic N) is 2. The van der Waals surface area contributed by atoms with Crippen LogP contribution in [0.5, 0.6) is 0 Å². The molecule has 2 nitrogen and oxygen atoms in total. The normalized spacial score (nSPS) is 11.5. The second-order valence-corrected chi connectivity index (χ2v) is 7.28. The lowest BCUT2D eigenvalue weighted by atomic mass is 10.2. The monoisotopic (exact) mass is 286 g/mol. The number of quaternary nitrogens is 2. The summed E-state index contributed by atoms with van der Waals surface area (Å²) in [6.45, 7) is 1.10. The smallest absolute Gasteiger partial charge is 0.132 e. The van der Waals surface area contributed by atoms with Crippen LogP contribution in [-0.4, -0.2) is 46.8 Å². The van der Waals surface area contributed by atoms with E-state index in [0.717, 1.165) is 15.5 Å². The van der Waals surface area contributed by atoms with Crippen LogP contribution in [0.15, 0.2) is 60.7 Å².